The molecule has 1 N–H and O–H groups in total. The molecular formula is C23H31N2O3+. The van der Waals surface area contributed by atoms with Crippen molar-refractivity contribution in [2.45, 2.75) is 69.0 Å². The van der Waals surface area contributed by atoms with Crippen molar-refractivity contribution >= 4 is 11.7 Å². The highest BCUT2D eigenvalue weighted by molar-refractivity contribution is 5.70. The second kappa shape index (κ2) is 5.11. The zero-order chi connectivity index (χ0) is 19.6. The molecule has 1 aliphatic carbocycles. The molecule has 3 unspecified atom stereocenters. The maximum Gasteiger partial charge on any atom is 0.302 e. The highest BCUT2D eigenvalue weighted by Crippen LogP contribution is 2.71. The van der Waals surface area contributed by atoms with Crippen molar-refractivity contribution in [3.63, 3.8) is 0 Å². The Kier molecular flexibility index (Phi) is 3.16. The molecule has 150 valence electrons. The highest BCUT2D eigenvalue weighted by atomic mass is 16.5. The zero-order valence-electron chi connectivity index (χ0n) is 17.2. The zero-order valence-corrected chi connectivity index (χ0v) is 17.2. The number of carbonyl (C=O) groups is 1. The predicted molar refractivity (Wildman–Crippen MR) is 106 cm³/mol. The fraction of sp³-hybridized carbons (Fsp3) is 0.696. The molecule has 5 heteroatoms. The van der Waals surface area contributed by atoms with Crippen LogP contribution in [0.5, 0.6) is 0 Å². The van der Waals surface area contributed by atoms with Gasteiger partial charge in [-0.05, 0) is 24.0 Å². The van der Waals surface area contributed by atoms with E-state index in [1.165, 1.54) is 11.3 Å². The summed E-state index contributed by atoms with van der Waals surface area (Å²) < 4.78 is 6.99. The molecule has 1 spiro atoms. The quantitative estimate of drug-likeness (QED) is 0.629. The average Bonchev–Trinajstić information content (AvgIpc) is 3.06. The summed E-state index contributed by atoms with van der Waals surface area (Å²) in [6.07, 6.45) is 2.75. The Morgan fingerprint density at radius 2 is 2.11 bits per heavy atom. The third kappa shape index (κ3) is 1.57. The maximum atomic E-state index is 12.3. The van der Waals surface area contributed by atoms with Crippen LogP contribution in [-0.4, -0.2) is 60.1 Å². The fourth-order valence-corrected chi connectivity index (χ4v) is 8.91. The summed E-state index contributed by atoms with van der Waals surface area (Å²) in [6, 6.07) is 9.76. The number of anilines is 1. The van der Waals surface area contributed by atoms with Crippen LogP contribution in [-0.2, 0) is 14.9 Å². The molecule has 5 fully saturated rings. The van der Waals surface area contributed by atoms with E-state index in [9.17, 15) is 9.90 Å². The van der Waals surface area contributed by atoms with E-state index < -0.39 is 0 Å². The Labute approximate surface area is 166 Å². The van der Waals surface area contributed by atoms with Gasteiger partial charge < -0.3 is 14.7 Å². The van der Waals surface area contributed by atoms with Crippen LogP contribution in [0.2, 0.25) is 0 Å². The lowest BCUT2D eigenvalue weighted by atomic mass is 9.61. The molecule has 4 saturated heterocycles. The number of fused-ring (bicyclic) bond motifs is 2. The topological polar surface area (TPSA) is 49.8 Å². The molecule has 5 aliphatic heterocycles. The molecular weight excluding hydrogens is 352 g/mol. The van der Waals surface area contributed by atoms with Crippen LogP contribution in [0, 0.1) is 17.8 Å². The molecule has 0 aromatic heterocycles. The Balaban J connectivity index is 1.63. The largest absolute Gasteiger partial charge is 0.461 e. The van der Waals surface area contributed by atoms with Gasteiger partial charge in [0.1, 0.15) is 12.1 Å². The lowest BCUT2D eigenvalue weighted by Gasteiger charge is -2.66. The Hall–Kier alpha value is -1.59. The van der Waals surface area contributed by atoms with Crippen molar-refractivity contribution in [3.8, 4) is 0 Å². The number of nitrogens with zero attached hydrogens (tertiary/aromatic N) is 2. The molecule has 5 bridgehead atoms. The van der Waals surface area contributed by atoms with Crippen molar-refractivity contribution < 1.29 is 19.1 Å². The number of quaternary nitrogens is 1. The number of likely N-dealkylation sites (N-methyl/N-ethyl adjacent to an activating group) is 2. The van der Waals surface area contributed by atoms with Gasteiger partial charge in [0.15, 0.2) is 6.23 Å². The van der Waals surface area contributed by atoms with Gasteiger partial charge in [0.05, 0.1) is 30.5 Å². The van der Waals surface area contributed by atoms with Crippen LogP contribution in [0.25, 0.3) is 0 Å². The number of carbonyl (C=O) groups excluding carboxylic acids is 1. The summed E-state index contributed by atoms with van der Waals surface area (Å²) in [5.74, 6) is 0.936. The van der Waals surface area contributed by atoms with Crippen molar-refractivity contribution in [3.05, 3.63) is 29.8 Å². The SMILES string of the molecule is CC[C@@H]1[C@@H]2C[C@H]3[C@@H]4N(C)c5ccccc5[C@]45C[C@@H](C2C5OC(C)=O)[N+]3(C)[C@H]1O. The Morgan fingerprint density at radius 3 is 2.82 bits per heavy atom. The van der Waals surface area contributed by atoms with Crippen LogP contribution in [0.15, 0.2) is 24.3 Å². The third-order valence-electron chi connectivity index (χ3n) is 9.65. The number of hydrogen-bond acceptors (Lipinski definition) is 4. The molecule has 1 saturated carbocycles. The number of aliphatic hydroxyl groups is 1. The van der Waals surface area contributed by atoms with Gasteiger partial charge in [0.25, 0.3) is 0 Å². The number of ether oxygens (including phenoxy) is 1. The first kappa shape index (κ1) is 17.3. The Bertz CT molecular complexity index is 873. The molecule has 7 rings (SSSR count). The number of rotatable bonds is 2. The summed E-state index contributed by atoms with van der Waals surface area (Å²) in [5.41, 5.74) is 2.51. The van der Waals surface area contributed by atoms with Gasteiger partial charge in [-0.2, -0.15) is 0 Å². The lowest BCUT2D eigenvalue weighted by Crippen LogP contribution is -2.81. The van der Waals surface area contributed by atoms with Crippen LogP contribution >= 0.6 is 0 Å². The molecule has 6 aliphatic rings. The van der Waals surface area contributed by atoms with Gasteiger partial charge in [0.2, 0.25) is 0 Å². The number of para-hydroxylation sites is 1. The van der Waals surface area contributed by atoms with Gasteiger partial charge in [-0.1, -0.05) is 25.1 Å². The molecule has 5 heterocycles. The average molecular weight is 384 g/mol. The van der Waals surface area contributed by atoms with Gasteiger partial charge in [0, 0.05) is 38.4 Å². The van der Waals surface area contributed by atoms with Crippen LogP contribution < -0.4 is 4.90 Å². The molecule has 0 radical (unpaired) electrons. The van der Waals surface area contributed by atoms with Gasteiger partial charge in [-0.3, -0.25) is 9.28 Å². The first-order valence-corrected chi connectivity index (χ1v) is 10.9. The van der Waals surface area contributed by atoms with E-state index in [1.807, 2.05) is 0 Å². The van der Waals surface area contributed by atoms with E-state index in [0.29, 0.717) is 29.8 Å². The van der Waals surface area contributed by atoms with E-state index in [-0.39, 0.29) is 29.8 Å². The van der Waals surface area contributed by atoms with Crippen molar-refractivity contribution in [2.24, 2.45) is 17.8 Å². The van der Waals surface area contributed by atoms with Gasteiger partial charge in [-0.25, -0.2) is 0 Å². The molecule has 10 atom stereocenters. The smallest absolute Gasteiger partial charge is 0.302 e. The summed E-state index contributed by atoms with van der Waals surface area (Å²) in [6.45, 7) is 3.77. The number of piperidine rings is 4. The van der Waals surface area contributed by atoms with E-state index in [4.69, 9.17) is 4.74 Å². The second-order valence-electron chi connectivity index (χ2n) is 10.2. The molecule has 5 nitrogen and oxygen atoms in total. The van der Waals surface area contributed by atoms with Crippen LogP contribution in [0.4, 0.5) is 5.69 Å². The standard InChI is InChI=1S/C23H31N2O3/c1-5-13-14-10-17-20-23(15-8-6-7-9-16(15)24(20)3)11-18(25(17,4)22(13)27)19(14)21(23)28-12(2)26/h6-9,13-14,17-22,27H,5,10-11H2,1-4H3/q+1/t13-,14+,17+,18+,19?,20+,21?,22+,23-,25?/m1/s1. The number of esters is 1. The summed E-state index contributed by atoms with van der Waals surface area (Å²) >= 11 is 0. The first-order chi connectivity index (χ1) is 13.4. The molecule has 1 aromatic rings. The van der Waals surface area contributed by atoms with Crippen molar-refractivity contribution in [2.75, 3.05) is 19.0 Å². The molecule has 0 amide bonds. The molecule has 1 aromatic carbocycles. The minimum absolute atomic E-state index is 0.0809. The van der Waals surface area contributed by atoms with Gasteiger partial charge in [-0.15, -0.1) is 0 Å². The number of benzene rings is 1. The summed E-state index contributed by atoms with van der Waals surface area (Å²) in [7, 11) is 4.50. The van der Waals surface area contributed by atoms with Crippen LogP contribution in [0.3, 0.4) is 0 Å². The monoisotopic (exact) mass is 383 g/mol. The summed E-state index contributed by atoms with van der Waals surface area (Å²) in [4.78, 5) is 14.7. The van der Waals surface area contributed by atoms with E-state index in [0.717, 1.165) is 23.7 Å². The first-order valence-electron chi connectivity index (χ1n) is 10.9. The third-order valence-corrected chi connectivity index (χ3v) is 9.65. The van der Waals surface area contributed by atoms with Crippen molar-refractivity contribution in [1.29, 1.82) is 0 Å². The summed E-state index contributed by atoms with van der Waals surface area (Å²) in [5, 5.41) is 11.5. The minimum Gasteiger partial charge on any atom is -0.461 e. The number of hydrogen-bond donors (Lipinski definition) is 1. The van der Waals surface area contributed by atoms with E-state index in [1.54, 1.807) is 6.92 Å². The minimum atomic E-state index is -0.304. The lowest BCUT2D eigenvalue weighted by molar-refractivity contribution is -1.02. The fourth-order valence-electron chi connectivity index (χ4n) is 8.91. The predicted octanol–water partition coefficient (Wildman–Crippen LogP) is 2.27. The van der Waals surface area contributed by atoms with E-state index in [2.05, 4.69) is 50.2 Å². The van der Waals surface area contributed by atoms with Crippen LogP contribution in [0.1, 0.15) is 38.7 Å². The van der Waals surface area contributed by atoms with Crippen molar-refractivity contribution in [1.82, 2.24) is 0 Å². The number of aliphatic hydroxyl groups excluding tert-OH is 1. The Morgan fingerprint density at radius 1 is 1.36 bits per heavy atom. The second-order valence-corrected chi connectivity index (χ2v) is 10.2. The van der Waals surface area contributed by atoms with Gasteiger partial charge >= 0.3 is 5.97 Å². The maximum absolute atomic E-state index is 12.3. The highest BCUT2D eigenvalue weighted by Gasteiger charge is 2.83. The van der Waals surface area contributed by atoms with E-state index >= 15 is 0 Å². The normalized spacial score (nSPS) is 52.0. The molecule has 28 heavy (non-hydrogen) atoms.